The van der Waals surface area contributed by atoms with Crippen LogP contribution in [0.4, 0.5) is 34.1 Å². The zero-order chi connectivity index (χ0) is 52.9. The van der Waals surface area contributed by atoms with E-state index < -0.39 is 0 Å². The van der Waals surface area contributed by atoms with E-state index in [1.165, 1.54) is 22.3 Å². The number of para-hydroxylation sites is 6. The zero-order valence-corrected chi connectivity index (χ0v) is 45.2. The minimum absolute atomic E-state index is 0.0399. The van der Waals surface area contributed by atoms with Gasteiger partial charge in [-0.1, -0.05) is 151 Å². The van der Waals surface area contributed by atoms with Crippen molar-refractivity contribution in [2.45, 2.75) is 78.1 Å². The molecule has 2 aromatic heterocycles. The van der Waals surface area contributed by atoms with Gasteiger partial charge in [0.05, 0.1) is 23.2 Å². The molecule has 0 spiro atoms. The quantitative estimate of drug-likeness (QED) is 0.165. The van der Waals surface area contributed by atoms with Gasteiger partial charge in [0.15, 0.2) is 11.2 Å². The Labute approximate surface area is 454 Å². The number of anilines is 6. The summed E-state index contributed by atoms with van der Waals surface area (Å²) >= 11 is 0. The first-order valence-electron chi connectivity index (χ1n) is 27.3. The topological polar surface area (TPSA) is 51.2 Å². The van der Waals surface area contributed by atoms with Gasteiger partial charge in [-0.25, -0.2) is 0 Å². The summed E-state index contributed by atoms with van der Waals surface area (Å²) in [6, 6.07) is 70.0. The minimum atomic E-state index is -0.0817. The maximum atomic E-state index is 7.06. The maximum absolute atomic E-state index is 7.06. The number of fused-ring (bicyclic) bond motifs is 15. The fourth-order valence-electron chi connectivity index (χ4n) is 13.0. The van der Waals surface area contributed by atoms with E-state index in [0.29, 0.717) is 0 Å². The van der Waals surface area contributed by atoms with E-state index >= 15 is 0 Å². The first kappa shape index (κ1) is 46.3. The molecule has 12 aromatic rings. The van der Waals surface area contributed by atoms with Gasteiger partial charge in [-0.15, -0.1) is 0 Å². The Morgan fingerprint density at radius 3 is 1.13 bits per heavy atom. The van der Waals surface area contributed by atoms with Crippen molar-refractivity contribution in [2.75, 3.05) is 9.80 Å². The lowest BCUT2D eigenvalue weighted by Crippen LogP contribution is -2.19. The van der Waals surface area contributed by atoms with Gasteiger partial charge in [-0.05, 0) is 142 Å². The summed E-state index contributed by atoms with van der Waals surface area (Å²) in [7, 11) is 0. The molecular formula is C72H58N2O4. The number of furan rings is 2. The molecule has 4 heterocycles. The number of benzene rings is 10. The van der Waals surface area contributed by atoms with Gasteiger partial charge < -0.3 is 28.1 Å². The Bertz CT molecular complexity index is 4270. The number of hydrogen-bond acceptors (Lipinski definition) is 6. The van der Waals surface area contributed by atoms with Crippen molar-refractivity contribution < 1.29 is 18.3 Å². The number of hydrogen-bond donors (Lipinski definition) is 0. The van der Waals surface area contributed by atoms with Gasteiger partial charge in [-0.2, -0.15) is 0 Å². The highest BCUT2D eigenvalue weighted by Gasteiger charge is 2.48. The third kappa shape index (κ3) is 6.94. The average molecular weight is 1020 g/mol. The Hall–Kier alpha value is -9.00. The summed E-state index contributed by atoms with van der Waals surface area (Å²) in [6.07, 6.45) is 0. The van der Waals surface area contributed by atoms with Crippen LogP contribution in [0.1, 0.15) is 89.5 Å². The summed E-state index contributed by atoms with van der Waals surface area (Å²) in [4.78, 5) is 4.65. The second kappa shape index (κ2) is 16.7. The summed E-state index contributed by atoms with van der Waals surface area (Å²) < 4.78 is 28.0. The lowest BCUT2D eigenvalue weighted by atomic mass is 9.74. The third-order valence-electron chi connectivity index (χ3n) is 16.9. The molecule has 380 valence electrons. The Kier molecular flexibility index (Phi) is 9.95. The molecule has 0 bridgehead atoms. The highest BCUT2D eigenvalue weighted by atomic mass is 16.5. The van der Waals surface area contributed by atoms with E-state index in [2.05, 4.69) is 259 Å². The van der Waals surface area contributed by atoms with Crippen molar-refractivity contribution >= 4 is 99.5 Å². The molecule has 0 radical (unpaired) electrons. The van der Waals surface area contributed by atoms with Gasteiger partial charge in [0.1, 0.15) is 34.2 Å². The molecule has 0 saturated heterocycles. The Balaban J connectivity index is 0.816. The van der Waals surface area contributed by atoms with Crippen molar-refractivity contribution in [3.63, 3.8) is 0 Å². The van der Waals surface area contributed by atoms with Gasteiger partial charge in [0.25, 0.3) is 0 Å². The first-order chi connectivity index (χ1) is 37.8. The van der Waals surface area contributed by atoms with Gasteiger partial charge in [-0.3, -0.25) is 0 Å². The fourth-order valence-corrected chi connectivity index (χ4v) is 13.0. The molecule has 1 aliphatic carbocycles. The van der Waals surface area contributed by atoms with Gasteiger partial charge >= 0.3 is 0 Å². The summed E-state index contributed by atoms with van der Waals surface area (Å²) in [5.74, 6) is 3.71. The van der Waals surface area contributed by atoms with Crippen LogP contribution < -0.4 is 19.3 Å². The minimum Gasteiger partial charge on any atom is -0.460 e. The Morgan fingerprint density at radius 2 is 0.731 bits per heavy atom. The van der Waals surface area contributed by atoms with Crippen molar-refractivity contribution in [2.24, 2.45) is 0 Å². The molecule has 0 amide bonds. The highest BCUT2D eigenvalue weighted by Crippen LogP contribution is 2.61. The second-order valence-corrected chi connectivity index (χ2v) is 23.7. The third-order valence-corrected chi connectivity index (χ3v) is 16.9. The molecule has 0 fully saturated rings. The van der Waals surface area contributed by atoms with E-state index in [1.54, 1.807) is 0 Å². The second-order valence-electron chi connectivity index (χ2n) is 23.7. The standard InChI is InChI=1S/C72H58N2O4/c1-41-42(2)66-64(56-38-44-32-34-50(36-46(44)40-62(56)76-66)74(48-21-13-10-14-22-48)60-30-18-26-54-52-24-16-28-58(72(6,7)8)68(52)78-70(54)60)63-55-37-43-31-33-49(35-45(43)39-61(55)75-65(41)63)73(47-19-11-9-12-20-47)59-29-17-25-53-51-23-15-27-57(71(3,4)5)67(51)77-69(53)59/h9-40,63-64H,1-8H3. The lowest BCUT2D eigenvalue weighted by Gasteiger charge is -2.28. The molecule has 0 N–H and O–H groups in total. The van der Waals surface area contributed by atoms with Crippen molar-refractivity contribution in [3.05, 3.63) is 239 Å². The van der Waals surface area contributed by atoms with E-state index in [1.807, 2.05) is 0 Å². The van der Waals surface area contributed by atoms with Crippen LogP contribution in [0, 0.1) is 0 Å². The Morgan fingerprint density at radius 1 is 0.346 bits per heavy atom. The van der Waals surface area contributed by atoms with Crippen LogP contribution in [0.25, 0.3) is 65.4 Å². The zero-order valence-electron chi connectivity index (χ0n) is 45.2. The number of ether oxygens (including phenoxy) is 2. The normalized spacial score (nSPS) is 16.1. The van der Waals surface area contributed by atoms with Crippen LogP contribution in [0.3, 0.4) is 0 Å². The van der Waals surface area contributed by atoms with Crippen molar-refractivity contribution in [1.29, 1.82) is 0 Å². The predicted octanol–water partition coefficient (Wildman–Crippen LogP) is 20.5. The largest absolute Gasteiger partial charge is 0.460 e. The molecular weight excluding hydrogens is 957 g/mol. The van der Waals surface area contributed by atoms with Crippen LogP contribution in [0.2, 0.25) is 0 Å². The van der Waals surface area contributed by atoms with Crippen LogP contribution in [-0.2, 0) is 10.8 Å². The molecule has 0 saturated carbocycles. The summed E-state index contributed by atoms with van der Waals surface area (Å²) in [6.45, 7) is 17.8. The predicted molar refractivity (Wildman–Crippen MR) is 321 cm³/mol. The van der Waals surface area contributed by atoms with Crippen LogP contribution >= 0.6 is 0 Å². The molecule has 78 heavy (non-hydrogen) atoms. The lowest BCUT2D eigenvalue weighted by molar-refractivity contribution is 0.366. The molecule has 15 rings (SSSR count). The SMILES string of the molecule is CC1=C2Oc3cc4cc(N(c5ccccc5)c5cccc6c5oc5c(C(C)(C)C)cccc56)ccc4cc3C2C2C(=C1C)Oc1cc3cc(N(c4ccccc4)c4cccc5c4oc4c(C(C)(C)C)cccc45)ccc3cc12. The summed E-state index contributed by atoms with van der Waals surface area (Å²) in [5, 5.41) is 8.96. The average Bonchev–Trinajstić information content (AvgIpc) is 4.29. The monoisotopic (exact) mass is 1010 g/mol. The van der Waals surface area contributed by atoms with Crippen molar-refractivity contribution in [3.8, 4) is 11.5 Å². The van der Waals surface area contributed by atoms with Gasteiger partial charge in [0, 0.05) is 66.5 Å². The molecule has 6 nitrogen and oxygen atoms in total. The maximum Gasteiger partial charge on any atom is 0.159 e. The van der Waals surface area contributed by atoms with E-state index in [4.69, 9.17) is 18.3 Å². The molecule has 6 heteroatoms. The molecule has 10 aromatic carbocycles. The van der Waals surface area contributed by atoms with Crippen molar-refractivity contribution in [1.82, 2.24) is 0 Å². The molecule has 2 unspecified atom stereocenters. The molecule has 2 atom stereocenters. The van der Waals surface area contributed by atoms with Gasteiger partial charge in [0.2, 0.25) is 0 Å². The van der Waals surface area contributed by atoms with Crippen LogP contribution in [0.5, 0.6) is 11.5 Å². The number of nitrogens with zero attached hydrogens (tertiary/aromatic N) is 2. The smallest absolute Gasteiger partial charge is 0.159 e. The summed E-state index contributed by atoms with van der Waals surface area (Å²) in [5.41, 5.74) is 16.6. The molecule has 2 aliphatic heterocycles. The fraction of sp³-hybridized carbons (Fsp3) is 0.167. The van der Waals surface area contributed by atoms with Crippen LogP contribution in [0.15, 0.2) is 226 Å². The highest BCUT2D eigenvalue weighted by molar-refractivity contribution is 6.13. The van der Waals surface area contributed by atoms with E-state index in [0.717, 1.165) is 134 Å². The van der Waals surface area contributed by atoms with E-state index in [-0.39, 0.29) is 22.7 Å². The van der Waals surface area contributed by atoms with E-state index in [9.17, 15) is 0 Å². The number of rotatable bonds is 6. The molecule has 3 aliphatic rings. The first-order valence-corrected chi connectivity index (χ1v) is 27.3. The number of allylic oxidation sites excluding steroid dienone is 4. The van der Waals surface area contributed by atoms with Crippen LogP contribution in [-0.4, -0.2) is 0 Å².